The van der Waals surface area contributed by atoms with Crippen LogP contribution in [0.3, 0.4) is 0 Å². The van der Waals surface area contributed by atoms with Crippen LogP contribution in [0, 0.1) is 0 Å². The molecule has 0 N–H and O–H groups in total. The number of morpholine rings is 1. The van der Waals surface area contributed by atoms with Crippen LogP contribution in [0.1, 0.15) is 38.5 Å². The Morgan fingerprint density at radius 3 is 2.38 bits per heavy atom. The maximum absolute atomic E-state index is 12.2. The molecule has 1 aliphatic carbocycles. The highest BCUT2D eigenvalue weighted by atomic mass is 32.2. The van der Waals surface area contributed by atoms with Crippen LogP contribution in [-0.2, 0) is 19.6 Å². The molecule has 1 saturated heterocycles. The maximum atomic E-state index is 12.2. The molecule has 1 amide bonds. The van der Waals surface area contributed by atoms with Gasteiger partial charge in [-0.05, 0) is 12.8 Å². The summed E-state index contributed by atoms with van der Waals surface area (Å²) in [6.45, 7) is 2.68. The quantitative estimate of drug-likeness (QED) is 0.753. The number of sulfonamides is 1. The van der Waals surface area contributed by atoms with Crippen LogP contribution in [0.25, 0.3) is 0 Å². The molecule has 0 atom stereocenters. The molecule has 1 aliphatic heterocycles. The van der Waals surface area contributed by atoms with E-state index in [1.165, 1.54) is 12.7 Å². The maximum Gasteiger partial charge on any atom is 0.224 e. The van der Waals surface area contributed by atoms with Gasteiger partial charge in [-0.3, -0.25) is 4.79 Å². The second-order valence-electron chi connectivity index (χ2n) is 5.91. The van der Waals surface area contributed by atoms with E-state index in [-0.39, 0.29) is 18.4 Å². The van der Waals surface area contributed by atoms with Crippen molar-refractivity contribution >= 4 is 15.9 Å². The first-order valence-electron chi connectivity index (χ1n) is 7.81. The molecule has 2 rings (SSSR count). The van der Waals surface area contributed by atoms with E-state index in [9.17, 15) is 13.2 Å². The van der Waals surface area contributed by atoms with Gasteiger partial charge in [-0.1, -0.05) is 19.3 Å². The number of rotatable bonds is 5. The molecule has 1 saturated carbocycles. The zero-order valence-corrected chi connectivity index (χ0v) is 13.6. The summed E-state index contributed by atoms with van der Waals surface area (Å²) in [7, 11) is -3.25. The average Bonchev–Trinajstić information content (AvgIpc) is 2.48. The molecule has 0 radical (unpaired) electrons. The molecule has 0 spiro atoms. The SMILES string of the molecule is CS(=O)(=O)N(CCC(=O)N1CCOCC1)C1CCCCC1. The third kappa shape index (κ3) is 4.93. The molecule has 0 aromatic carbocycles. The predicted molar refractivity (Wildman–Crippen MR) is 80.4 cm³/mol. The van der Waals surface area contributed by atoms with Gasteiger partial charge in [-0.15, -0.1) is 0 Å². The minimum atomic E-state index is -3.25. The lowest BCUT2D eigenvalue weighted by Gasteiger charge is -2.33. The molecule has 1 heterocycles. The third-order valence-corrected chi connectivity index (χ3v) is 5.65. The largest absolute Gasteiger partial charge is 0.378 e. The smallest absolute Gasteiger partial charge is 0.224 e. The lowest BCUT2D eigenvalue weighted by atomic mass is 9.95. The standard InChI is InChI=1S/C14H26N2O4S/c1-21(18,19)16(13-5-3-2-4-6-13)8-7-14(17)15-9-11-20-12-10-15/h13H,2-12H2,1H3. The van der Waals surface area contributed by atoms with Crippen LogP contribution >= 0.6 is 0 Å². The van der Waals surface area contributed by atoms with Crippen LogP contribution in [0.4, 0.5) is 0 Å². The Balaban J connectivity index is 1.90. The zero-order valence-electron chi connectivity index (χ0n) is 12.8. The highest BCUT2D eigenvalue weighted by Crippen LogP contribution is 2.24. The normalized spacial score (nSPS) is 21.7. The van der Waals surface area contributed by atoms with Gasteiger partial charge in [0, 0.05) is 32.1 Å². The van der Waals surface area contributed by atoms with Crippen LogP contribution < -0.4 is 0 Å². The molecule has 122 valence electrons. The van der Waals surface area contributed by atoms with E-state index in [2.05, 4.69) is 0 Å². The number of carbonyl (C=O) groups excluding carboxylic acids is 1. The minimum Gasteiger partial charge on any atom is -0.378 e. The summed E-state index contributed by atoms with van der Waals surface area (Å²) >= 11 is 0. The monoisotopic (exact) mass is 318 g/mol. The van der Waals surface area contributed by atoms with Crippen LogP contribution in [0.5, 0.6) is 0 Å². The van der Waals surface area contributed by atoms with Gasteiger partial charge in [0.1, 0.15) is 0 Å². The molecule has 0 bridgehead atoms. The van der Waals surface area contributed by atoms with Crippen molar-refractivity contribution in [2.45, 2.75) is 44.6 Å². The molecule has 2 fully saturated rings. The van der Waals surface area contributed by atoms with Crippen molar-refractivity contribution in [1.82, 2.24) is 9.21 Å². The van der Waals surface area contributed by atoms with Gasteiger partial charge in [-0.2, -0.15) is 4.31 Å². The number of hydrogen-bond acceptors (Lipinski definition) is 4. The molecular formula is C14H26N2O4S. The Labute approximate surface area is 127 Å². The van der Waals surface area contributed by atoms with E-state index in [0.29, 0.717) is 32.8 Å². The number of hydrogen-bond donors (Lipinski definition) is 0. The number of ether oxygens (including phenoxy) is 1. The van der Waals surface area contributed by atoms with Crippen LogP contribution in [-0.4, -0.2) is 68.7 Å². The molecule has 7 heteroatoms. The topological polar surface area (TPSA) is 66.9 Å². The van der Waals surface area contributed by atoms with Crippen molar-refractivity contribution in [1.29, 1.82) is 0 Å². The molecule has 0 unspecified atom stereocenters. The van der Waals surface area contributed by atoms with E-state index in [4.69, 9.17) is 4.74 Å². The van der Waals surface area contributed by atoms with Crippen LogP contribution in [0.15, 0.2) is 0 Å². The van der Waals surface area contributed by atoms with E-state index < -0.39 is 10.0 Å². The van der Waals surface area contributed by atoms with Crippen molar-refractivity contribution in [3.63, 3.8) is 0 Å². The lowest BCUT2D eigenvalue weighted by molar-refractivity contribution is -0.135. The summed E-state index contributed by atoms with van der Waals surface area (Å²) in [6.07, 6.45) is 6.69. The zero-order chi connectivity index (χ0) is 15.3. The van der Waals surface area contributed by atoms with Gasteiger partial charge in [0.05, 0.1) is 19.5 Å². The fraction of sp³-hybridized carbons (Fsp3) is 0.929. The van der Waals surface area contributed by atoms with Gasteiger partial charge in [-0.25, -0.2) is 8.42 Å². The van der Waals surface area contributed by atoms with Gasteiger partial charge in [0.15, 0.2) is 0 Å². The van der Waals surface area contributed by atoms with Gasteiger partial charge >= 0.3 is 0 Å². The average molecular weight is 318 g/mol. The summed E-state index contributed by atoms with van der Waals surface area (Å²) in [6, 6.07) is 0.0752. The van der Waals surface area contributed by atoms with Gasteiger partial charge in [0.25, 0.3) is 0 Å². The molecular weight excluding hydrogens is 292 g/mol. The Morgan fingerprint density at radius 2 is 1.81 bits per heavy atom. The first kappa shape index (κ1) is 16.7. The summed E-state index contributed by atoms with van der Waals surface area (Å²) in [5.74, 6) is 0.0303. The Morgan fingerprint density at radius 1 is 1.19 bits per heavy atom. The first-order valence-corrected chi connectivity index (χ1v) is 9.65. The minimum absolute atomic E-state index is 0.0303. The fourth-order valence-electron chi connectivity index (χ4n) is 3.16. The summed E-state index contributed by atoms with van der Waals surface area (Å²) < 4.78 is 30.8. The summed E-state index contributed by atoms with van der Waals surface area (Å²) in [5.41, 5.74) is 0. The molecule has 2 aliphatic rings. The Hall–Kier alpha value is -0.660. The molecule has 21 heavy (non-hydrogen) atoms. The van der Waals surface area contributed by atoms with Crippen molar-refractivity contribution < 1.29 is 17.9 Å². The number of nitrogens with zero attached hydrogens (tertiary/aromatic N) is 2. The van der Waals surface area contributed by atoms with Crippen molar-refractivity contribution in [2.24, 2.45) is 0 Å². The Kier molecular flexibility index (Phi) is 6.01. The highest BCUT2D eigenvalue weighted by molar-refractivity contribution is 7.88. The van der Waals surface area contributed by atoms with E-state index >= 15 is 0 Å². The third-order valence-electron chi connectivity index (χ3n) is 4.32. The van der Waals surface area contributed by atoms with E-state index in [1.807, 2.05) is 0 Å². The van der Waals surface area contributed by atoms with Gasteiger partial charge < -0.3 is 9.64 Å². The molecule has 0 aromatic rings. The highest BCUT2D eigenvalue weighted by Gasteiger charge is 2.29. The lowest BCUT2D eigenvalue weighted by Crippen LogP contribution is -2.45. The van der Waals surface area contributed by atoms with Crippen molar-refractivity contribution in [3.8, 4) is 0 Å². The first-order chi connectivity index (χ1) is 9.98. The van der Waals surface area contributed by atoms with Gasteiger partial charge in [0.2, 0.25) is 15.9 Å². The fourth-order valence-corrected chi connectivity index (χ4v) is 4.34. The Bertz CT molecular complexity index is 440. The number of amides is 1. The number of carbonyl (C=O) groups is 1. The second-order valence-corrected chi connectivity index (χ2v) is 7.84. The second kappa shape index (κ2) is 7.56. The van der Waals surface area contributed by atoms with E-state index in [1.54, 1.807) is 9.21 Å². The van der Waals surface area contributed by atoms with Crippen molar-refractivity contribution in [2.75, 3.05) is 39.1 Å². The summed E-state index contributed by atoms with van der Waals surface area (Å²) in [4.78, 5) is 13.9. The predicted octanol–water partition coefficient (Wildman–Crippen LogP) is 0.830. The van der Waals surface area contributed by atoms with E-state index in [0.717, 1.165) is 25.7 Å². The molecule has 0 aromatic heterocycles. The van der Waals surface area contributed by atoms with Crippen molar-refractivity contribution in [3.05, 3.63) is 0 Å². The molecule has 6 nitrogen and oxygen atoms in total. The summed E-state index contributed by atoms with van der Waals surface area (Å²) in [5, 5.41) is 0. The van der Waals surface area contributed by atoms with Crippen LogP contribution in [0.2, 0.25) is 0 Å².